The minimum Gasteiger partial charge on any atom is -0.457 e. The third-order valence-corrected chi connectivity index (χ3v) is 2.61. The molecule has 0 radical (unpaired) electrons. The average molecular weight is 263 g/mol. The van der Waals surface area contributed by atoms with Crippen LogP contribution in [-0.2, 0) is 0 Å². The Morgan fingerprint density at radius 1 is 1.00 bits per heavy atom. The van der Waals surface area contributed by atoms with Gasteiger partial charge in [0.1, 0.15) is 0 Å². The van der Waals surface area contributed by atoms with Gasteiger partial charge in [0.05, 0.1) is 0 Å². The summed E-state index contributed by atoms with van der Waals surface area (Å²) in [6.07, 6.45) is -1.20. The number of aliphatic hydroxyl groups is 1. The maximum Gasteiger partial charge on any atom is 0.224 e. The van der Waals surface area contributed by atoms with E-state index in [0.29, 0.717) is 10.6 Å². The van der Waals surface area contributed by atoms with Crippen molar-refractivity contribution >= 4 is 11.6 Å². The summed E-state index contributed by atoms with van der Waals surface area (Å²) in [5.41, 5.74) is 0.248. The molecule has 1 N–H and O–H groups in total. The molecule has 0 spiro atoms. The van der Waals surface area contributed by atoms with E-state index in [2.05, 4.69) is 0 Å². The van der Waals surface area contributed by atoms with Gasteiger partial charge in [-0.3, -0.25) is 4.79 Å². The van der Waals surface area contributed by atoms with Gasteiger partial charge in [-0.05, 0) is 24.3 Å². The van der Waals surface area contributed by atoms with Crippen LogP contribution < -0.4 is 10.2 Å². The van der Waals surface area contributed by atoms with Crippen LogP contribution in [0.3, 0.4) is 0 Å². The van der Waals surface area contributed by atoms with E-state index in [1.165, 1.54) is 12.1 Å². The number of benzene rings is 1. The van der Waals surface area contributed by atoms with Crippen LogP contribution in [0.5, 0.6) is 5.75 Å². The fourth-order valence-corrected chi connectivity index (χ4v) is 1.55. The van der Waals surface area contributed by atoms with Crippen LogP contribution in [0.4, 0.5) is 0 Å². The van der Waals surface area contributed by atoms with Crippen molar-refractivity contribution in [3.8, 4) is 5.75 Å². The Balaban J connectivity index is 2.22. The molecule has 0 saturated heterocycles. The molecule has 0 aliphatic rings. The molecule has 0 fully saturated rings. The molecule has 0 aliphatic carbocycles. The second-order valence-electron chi connectivity index (χ2n) is 3.66. The van der Waals surface area contributed by atoms with Crippen molar-refractivity contribution in [2.75, 3.05) is 0 Å². The van der Waals surface area contributed by atoms with Crippen molar-refractivity contribution in [3.05, 3.63) is 75.4 Å². The van der Waals surface area contributed by atoms with Gasteiger partial charge in [-0.2, -0.15) is 0 Å². The van der Waals surface area contributed by atoms with E-state index < -0.39 is 6.29 Å². The highest BCUT2D eigenvalue weighted by Crippen LogP contribution is 2.18. The maximum atomic E-state index is 11.6. The largest absolute Gasteiger partial charge is 0.457 e. The third-order valence-electron chi connectivity index (χ3n) is 2.35. The van der Waals surface area contributed by atoms with Gasteiger partial charge in [-0.15, -0.1) is 0 Å². The first kappa shape index (κ1) is 12.6. The van der Waals surface area contributed by atoms with Crippen LogP contribution in [0.2, 0.25) is 5.02 Å². The first-order valence-corrected chi connectivity index (χ1v) is 5.74. The lowest BCUT2D eigenvalue weighted by atomic mass is 10.2. The van der Waals surface area contributed by atoms with Crippen LogP contribution >= 0.6 is 11.6 Å². The molecule has 0 bridgehead atoms. The molecule has 4 heteroatoms. The fraction of sp³-hybridized carbons (Fsp3) is 0.0714. The molecule has 0 heterocycles. The van der Waals surface area contributed by atoms with Crippen molar-refractivity contribution in [1.29, 1.82) is 0 Å². The third kappa shape index (κ3) is 3.09. The monoisotopic (exact) mass is 262 g/mol. The predicted molar refractivity (Wildman–Crippen MR) is 69.8 cm³/mol. The molecule has 0 aromatic heterocycles. The van der Waals surface area contributed by atoms with Crippen LogP contribution in [0.15, 0.2) is 59.4 Å². The highest BCUT2D eigenvalue weighted by atomic mass is 35.5. The Hall–Kier alpha value is -1.84. The van der Waals surface area contributed by atoms with Crippen molar-refractivity contribution in [2.45, 2.75) is 6.29 Å². The van der Waals surface area contributed by atoms with E-state index >= 15 is 0 Å². The minimum atomic E-state index is -1.20. The fourth-order valence-electron chi connectivity index (χ4n) is 1.43. The van der Waals surface area contributed by atoms with Crippen molar-refractivity contribution < 1.29 is 9.84 Å². The first-order valence-electron chi connectivity index (χ1n) is 5.36. The molecule has 0 saturated carbocycles. The molecule has 3 nitrogen and oxygen atoms in total. The molecule has 92 valence electrons. The first-order chi connectivity index (χ1) is 8.66. The van der Waals surface area contributed by atoms with Gasteiger partial charge in [0.15, 0.2) is 5.75 Å². The normalized spacial score (nSPS) is 11.9. The number of rotatable bonds is 3. The summed E-state index contributed by atoms with van der Waals surface area (Å²) in [5, 5.41) is 10.4. The summed E-state index contributed by atoms with van der Waals surface area (Å²) in [6, 6.07) is 14.5. The van der Waals surface area contributed by atoms with Gasteiger partial charge >= 0.3 is 0 Å². The van der Waals surface area contributed by atoms with E-state index in [1.807, 2.05) is 0 Å². The molecule has 2 aromatic carbocycles. The standard InChI is InChI=1S/C14H11ClO3/c15-11-8-6-10(7-9-11)14(17)18-13-5-3-1-2-4-12(13)16/h1-9,14,17H. The second kappa shape index (κ2) is 5.67. The van der Waals surface area contributed by atoms with Gasteiger partial charge in [-0.25, -0.2) is 0 Å². The summed E-state index contributed by atoms with van der Waals surface area (Å²) in [4.78, 5) is 11.6. The van der Waals surface area contributed by atoms with Gasteiger partial charge < -0.3 is 9.84 Å². The Morgan fingerprint density at radius 3 is 2.39 bits per heavy atom. The average Bonchev–Trinajstić information content (AvgIpc) is 2.56. The smallest absolute Gasteiger partial charge is 0.224 e. The van der Waals surface area contributed by atoms with E-state index in [1.54, 1.807) is 42.5 Å². The molecule has 0 amide bonds. The zero-order valence-electron chi connectivity index (χ0n) is 9.42. The minimum absolute atomic E-state index is 0.0995. The van der Waals surface area contributed by atoms with Crippen molar-refractivity contribution in [2.24, 2.45) is 0 Å². The van der Waals surface area contributed by atoms with Gasteiger partial charge in [0.25, 0.3) is 0 Å². The molecule has 1 atom stereocenters. The van der Waals surface area contributed by atoms with Crippen LogP contribution in [0.1, 0.15) is 11.9 Å². The molecule has 1 unspecified atom stereocenters. The number of hydrogen-bond donors (Lipinski definition) is 1. The number of ether oxygens (including phenoxy) is 1. The van der Waals surface area contributed by atoms with Gasteiger partial charge in [-0.1, -0.05) is 41.9 Å². The lowest BCUT2D eigenvalue weighted by molar-refractivity contribution is -0.0201. The summed E-state index contributed by atoms with van der Waals surface area (Å²) < 4.78 is 5.23. The van der Waals surface area contributed by atoms with Gasteiger partial charge in [0.2, 0.25) is 11.7 Å². The van der Waals surface area contributed by atoms with Crippen LogP contribution in [0, 0.1) is 0 Å². The highest BCUT2D eigenvalue weighted by Gasteiger charge is 2.10. The summed E-state index contributed by atoms with van der Waals surface area (Å²) in [7, 11) is 0. The molecule has 2 aromatic rings. The number of hydrogen-bond acceptors (Lipinski definition) is 3. The predicted octanol–water partition coefficient (Wildman–Crippen LogP) is 2.77. The van der Waals surface area contributed by atoms with Crippen molar-refractivity contribution in [3.63, 3.8) is 0 Å². The Morgan fingerprint density at radius 2 is 1.67 bits per heavy atom. The van der Waals surface area contributed by atoms with Crippen LogP contribution in [0.25, 0.3) is 0 Å². The second-order valence-corrected chi connectivity index (χ2v) is 4.10. The van der Waals surface area contributed by atoms with Crippen molar-refractivity contribution in [1.82, 2.24) is 0 Å². The highest BCUT2D eigenvalue weighted by molar-refractivity contribution is 6.30. The summed E-state index contributed by atoms with van der Waals surface area (Å²) in [5.74, 6) is 0.0995. The van der Waals surface area contributed by atoms with Gasteiger partial charge in [0, 0.05) is 10.6 Å². The lowest BCUT2D eigenvalue weighted by Gasteiger charge is -2.12. The molecule has 2 rings (SSSR count). The lowest BCUT2D eigenvalue weighted by Crippen LogP contribution is -2.11. The molecular weight excluding hydrogens is 252 g/mol. The Bertz CT molecular complexity index is 581. The SMILES string of the molecule is O=c1cccccc1OC(O)c1ccc(Cl)cc1. The number of halogens is 1. The Kier molecular flexibility index (Phi) is 3.97. The zero-order valence-corrected chi connectivity index (χ0v) is 10.2. The zero-order chi connectivity index (χ0) is 13.0. The molecular formula is C14H11ClO3. The summed E-state index contributed by atoms with van der Waals surface area (Å²) >= 11 is 5.75. The Labute approximate surface area is 109 Å². The van der Waals surface area contributed by atoms with Crippen LogP contribution in [-0.4, -0.2) is 5.11 Å². The topological polar surface area (TPSA) is 46.5 Å². The quantitative estimate of drug-likeness (QED) is 0.865. The molecule has 0 aliphatic heterocycles. The van der Waals surface area contributed by atoms with E-state index in [9.17, 15) is 9.90 Å². The number of aliphatic hydroxyl groups excluding tert-OH is 1. The van der Waals surface area contributed by atoms with E-state index in [-0.39, 0.29) is 11.2 Å². The molecule has 18 heavy (non-hydrogen) atoms. The summed E-state index contributed by atoms with van der Waals surface area (Å²) in [6.45, 7) is 0. The van der Waals surface area contributed by atoms with E-state index in [4.69, 9.17) is 16.3 Å². The maximum absolute atomic E-state index is 11.6. The van der Waals surface area contributed by atoms with E-state index in [0.717, 1.165) is 0 Å².